The van der Waals surface area contributed by atoms with Gasteiger partial charge in [0, 0.05) is 35.6 Å². The SMILES string of the molecule is COCCn1c(-c2nc(C(=O)Nc3ccc(C(=O)OC)cc3)cs2)cc2ccccc21. The van der Waals surface area contributed by atoms with E-state index in [-0.39, 0.29) is 5.91 Å². The van der Waals surface area contributed by atoms with Gasteiger partial charge in [-0.1, -0.05) is 18.2 Å². The fraction of sp³-hybridized carbons (Fsp3) is 0.174. The van der Waals surface area contributed by atoms with Crippen LogP contribution in [0.4, 0.5) is 5.69 Å². The molecule has 0 aliphatic carbocycles. The smallest absolute Gasteiger partial charge is 0.337 e. The van der Waals surface area contributed by atoms with E-state index in [1.165, 1.54) is 18.4 Å². The van der Waals surface area contributed by atoms with Crippen molar-refractivity contribution in [3.05, 3.63) is 71.2 Å². The van der Waals surface area contributed by atoms with Crippen LogP contribution in [0.1, 0.15) is 20.8 Å². The molecule has 31 heavy (non-hydrogen) atoms. The molecule has 4 rings (SSSR count). The van der Waals surface area contributed by atoms with E-state index in [1.54, 1.807) is 36.8 Å². The first-order chi connectivity index (χ1) is 15.1. The molecule has 7 nitrogen and oxygen atoms in total. The summed E-state index contributed by atoms with van der Waals surface area (Å²) in [6.45, 7) is 1.26. The van der Waals surface area contributed by atoms with Crippen LogP contribution >= 0.6 is 11.3 Å². The highest BCUT2D eigenvalue weighted by Gasteiger charge is 2.17. The Hall–Kier alpha value is -3.49. The summed E-state index contributed by atoms with van der Waals surface area (Å²) in [5, 5.41) is 6.42. The molecule has 0 atom stereocenters. The molecule has 0 aliphatic rings. The summed E-state index contributed by atoms with van der Waals surface area (Å²) in [6.07, 6.45) is 0. The summed E-state index contributed by atoms with van der Waals surface area (Å²) in [4.78, 5) is 28.8. The maximum absolute atomic E-state index is 12.7. The monoisotopic (exact) mass is 435 g/mol. The number of fused-ring (bicyclic) bond motifs is 1. The third kappa shape index (κ3) is 4.35. The number of amides is 1. The first-order valence-electron chi connectivity index (χ1n) is 9.63. The lowest BCUT2D eigenvalue weighted by molar-refractivity contribution is 0.0600. The highest BCUT2D eigenvalue weighted by Crippen LogP contribution is 2.30. The van der Waals surface area contributed by atoms with E-state index in [9.17, 15) is 9.59 Å². The lowest BCUT2D eigenvalue weighted by Crippen LogP contribution is -2.12. The normalized spacial score (nSPS) is 10.9. The average Bonchev–Trinajstić information content (AvgIpc) is 3.42. The molecule has 0 unspecified atom stereocenters. The Balaban J connectivity index is 1.57. The zero-order valence-electron chi connectivity index (χ0n) is 17.1. The number of carbonyl (C=O) groups excluding carboxylic acids is 2. The van der Waals surface area contributed by atoms with Crippen LogP contribution in [0.2, 0.25) is 0 Å². The van der Waals surface area contributed by atoms with Gasteiger partial charge < -0.3 is 19.4 Å². The quantitative estimate of drug-likeness (QED) is 0.434. The Labute approximate surface area is 183 Å². The molecule has 0 bridgehead atoms. The van der Waals surface area contributed by atoms with Crippen LogP contribution in [0.5, 0.6) is 0 Å². The minimum absolute atomic E-state index is 0.312. The minimum Gasteiger partial charge on any atom is -0.465 e. The molecule has 0 saturated heterocycles. The summed E-state index contributed by atoms with van der Waals surface area (Å²) in [6, 6.07) is 16.7. The van der Waals surface area contributed by atoms with Crippen LogP contribution in [0.3, 0.4) is 0 Å². The molecule has 158 valence electrons. The molecule has 2 aromatic carbocycles. The van der Waals surface area contributed by atoms with E-state index in [1.807, 2.05) is 12.1 Å². The number of benzene rings is 2. The van der Waals surface area contributed by atoms with Crippen molar-refractivity contribution in [2.24, 2.45) is 0 Å². The highest BCUT2D eigenvalue weighted by atomic mass is 32.1. The third-order valence-electron chi connectivity index (χ3n) is 4.85. The van der Waals surface area contributed by atoms with Gasteiger partial charge in [0.15, 0.2) is 0 Å². The zero-order chi connectivity index (χ0) is 21.8. The number of anilines is 1. The molecule has 0 aliphatic heterocycles. The van der Waals surface area contributed by atoms with Crippen molar-refractivity contribution in [3.8, 4) is 10.7 Å². The number of esters is 1. The number of hydrogen-bond donors (Lipinski definition) is 1. The number of aromatic nitrogens is 2. The first kappa shape index (κ1) is 20.8. The second-order valence-electron chi connectivity index (χ2n) is 6.79. The van der Waals surface area contributed by atoms with Crippen molar-refractivity contribution in [1.82, 2.24) is 9.55 Å². The molecule has 1 N–H and O–H groups in total. The van der Waals surface area contributed by atoms with Crippen molar-refractivity contribution in [2.75, 3.05) is 26.1 Å². The number of hydrogen-bond acceptors (Lipinski definition) is 6. The predicted molar refractivity (Wildman–Crippen MR) is 121 cm³/mol. The Morgan fingerprint density at radius 1 is 1.10 bits per heavy atom. The van der Waals surface area contributed by atoms with Gasteiger partial charge in [-0.15, -0.1) is 11.3 Å². The number of rotatable bonds is 7. The molecule has 4 aromatic rings. The molecular formula is C23H21N3O4S. The second-order valence-corrected chi connectivity index (χ2v) is 7.65. The number of nitrogens with one attached hydrogen (secondary N) is 1. The fourth-order valence-electron chi connectivity index (χ4n) is 3.31. The van der Waals surface area contributed by atoms with Gasteiger partial charge in [-0.3, -0.25) is 4.79 Å². The maximum atomic E-state index is 12.7. The second kappa shape index (κ2) is 9.11. The summed E-state index contributed by atoms with van der Waals surface area (Å²) < 4.78 is 12.1. The predicted octanol–water partition coefficient (Wildman–Crippen LogP) is 4.45. The van der Waals surface area contributed by atoms with E-state index < -0.39 is 5.97 Å². The van der Waals surface area contributed by atoms with Crippen LogP contribution in [0, 0.1) is 0 Å². The van der Waals surface area contributed by atoms with Gasteiger partial charge in [0.25, 0.3) is 5.91 Å². The van der Waals surface area contributed by atoms with Crippen LogP contribution in [-0.2, 0) is 16.0 Å². The summed E-state index contributed by atoms with van der Waals surface area (Å²) in [5.41, 5.74) is 3.37. The van der Waals surface area contributed by atoms with Crippen molar-refractivity contribution >= 4 is 39.8 Å². The number of methoxy groups -OCH3 is 2. The van der Waals surface area contributed by atoms with Gasteiger partial charge in [0.1, 0.15) is 10.7 Å². The minimum atomic E-state index is -0.425. The molecule has 0 spiro atoms. The van der Waals surface area contributed by atoms with Crippen molar-refractivity contribution in [2.45, 2.75) is 6.54 Å². The van der Waals surface area contributed by atoms with Crippen LogP contribution in [-0.4, -0.2) is 42.3 Å². The van der Waals surface area contributed by atoms with E-state index in [2.05, 4.69) is 37.8 Å². The number of nitrogens with zero attached hydrogens (tertiary/aromatic N) is 2. The Morgan fingerprint density at radius 3 is 2.61 bits per heavy atom. The standard InChI is InChI=1S/C23H21N3O4S/c1-29-12-11-26-19-6-4-3-5-16(19)13-20(26)22-25-18(14-31-22)21(27)24-17-9-7-15(8-10-17)23(28)30-2/h3-10,13-14H,11-12H2,1-2H3,(H,24,27). The molecule has 2 aromatic heterocycles. The molecular weight excluding hydrogens is 414 g/mol. The highest BCUT2D eigenvalue weighted by molar-refractivity contribution is 7.13. The van der Waals surface area contributed by atoms with E-state index >= 15 is 0 Å². The molecule has 2 heterocycles. The summed E-state index contributed by atoms with van der Waals surface area (Å²) in [7, 11) is 3.00. The topological polar surface area (TPSA) is 82.5 Å². The average molecular weight is 436 g/mol. The Bertz CT molecular complexity index is 1230. The van der Waals surface area contributed by atoms with E-state index in [0.29, 0.717) is 30.1 Å². The molecule has 0 saturated carbocycles. The van der Waals surface area contributed by atoms with Crippen molar-refractivity contribution in [1.29, 1.82) is 0 Å². The van der Waals surface area contributed by atoms with Gasteiger partial charge in [0.05, 0.1) is 25.0 Å². The summed E-state index contributed by atoms with van der Waals surface area (Å²) in [5.74, 6) is -0.737. The van der Waals surface area contributed by atoms with Gasteiger partial charge >= 0.3 is 5.97 Å². The maximum Gasteiger partial charge on any atom is 0.337 e. The lowest BCUT2D eigenvalue weighted by atomic mass is 10.2. The molecule has 1 amide bonds. The number of thiazole rings is 1. The largest absolute Gasteiger partial charge is 0.465 e. The molecule has 0 fully saturated rings. The fourth-order valence-corrected chi connectivity index (χ4v) is 4.13. The molecule has 8 heteroatoms. The summed E-state index contributed by atoms with van der Waals surface area (Å²) >= 11 is 1.42. The van der Waals surface area contributed by atoms with E-state index in [4.69, 9.17) is 4.74 Å². The van der Waals surface area contributed by atoms with Crippen LogP contribution in [0.15, 0.2) is 60.0 Å². The van der Waals surface area contributed by atoms with E-state index in [0.717, 1.165) is 21.6 Å². The Kier molecular flexibility index (Phi) is 6.11. The van der Waals surface area contributed by atoms with Gasteiger partial charge in [-0.25, -0.2) is 9.78 Å². The Morgan fingerprint density at radius 2 is 1.87 bits per heavy atom. The third-order valence-corrected chi connectivity index (χ3v) is 5.71. The first-order valence-corrected chi connectivity index (χ1v) is 10.5. The van der Waals surface area contributed by atoms with Crippen LogP contribution < -0.4 is 5.32 Å². The number of carbonyl (C=O) groups is 2. The number of para-hydroxylation sites is 1. The molecule has 0 radical (unpaired) electrons. The van der Waals surface area contributed by atoms with Crippen molar-refractivity contribution < 1.29 is 19.1 Å². The van der Waals surface area contributed by atoms with Gasteiger partial charge in [-0.2, -0.15) is 0 Å². The number of ether oxygens (including phenoxy) is 2. The van der Waals surface area contributed by atoms with Crippen molar-refractivity contribution in [3.63, 3.8) is 0 Å². The van der Waals surface area contributed by atoms with Crippen LogP contribution in [0.25, 0.3) is 21.6 Å². The lowest BCUT2D eigenvalue weighted by Gasteiger charge is -2.08. The zero-order valence-corrected chi connectivity index (χ0v) is 17.9. The van der Waals surface area contributed by atoms with Gasteiger partial charge in [-0.05, 0) is 36.4 Å². The van der Waals surface area contributed by atoms with Gasteiger partial charge in [0.2, 0.25) is 0 Å².